The highest BCUT2D eigenvalue weighted by atomic mass is 32.2. The lowest BCUT2D eigenvalue weighted by Gasteiger charge is -2.47. The van der Waals surface area contributed by atoms with Gasteiger partial charge in [-0.15, -0.1) is 0 Å². The predicted octanol–water partition coefficient (Wildman–Crippen LogP) is 2.89. The van der Waals surface area contributed by atoms with Crippen molar-refractivity contribution >= 4 is 32.8 Å². The molecule has 3 heterocycles. The summed E-state index contributed by atoms with van der Waals surface area (Å²) in [5.41, 5.74) is 2.70. The third-order valence-corrected chi connectivity index (χ3v) is 9.35. The van der Waals surface area contributed by atoms with Crippen molar-refractivity contribution in [3.05, 3.63) is 65.5 Å². The lowest BCUT2D eigenvalue weighted by atomic mass is 9.76. The second-order valence-corrected chi connectivity index (χ2v) is 11.7. The van der Waals surface area contributed by atoms with Crippen LogP contribution < -0.4 is 10.6 Å². The fraction of sp³-hybridized carbons (Fsp3) is 0.348. The number of nitrogens with zero attached hydrogens (tertiary/aromatic N) is 2. The highest BCUT2D eigenvalue weighted by Gasteiger charge is 2.53. The molecule has 5 rings (SSSR count). The third-order valence-electron chi connectivity index (χ3n) is 6.72. The van der Waals surface area contributed by atoms with Gasteiger partial charge in [0.2, 0.25) is 0 Å². The van der Waals surface area contributed by atoms with Crippen molar-refractivity contribution in [2.45, 2.75) is 43.4 Å². The fourth-order valence-electron chi connectivity index (χ4n) is 4.64. The van der Waals surface area contributed by atoms with Crippen LogP contribution in [0.3, 0.4) is 0 Å². The van der Waals surface area contributed by atoms with Gasteiger partial charge >= 0.3 is 0 Å². The van der Waals surface area contributed by atoms with E-state index in [1.54, 1.807) is 30.6 Å². The van der Waals surface area contributed by atoms with Crippen LogP contribution in [0, 0.1) is 5.41 Å². The lowest BCUT2D eigenvalue weighted by molar-refractivity contribution is 0.102. The molecule has 9 heteroatoms. The summed E-state index contributed by atoms with van der Waals surface area (Å²) >= 11 is 0. The van der Waals surface area contributed by atoms with Crippen molar-refractivity contribution in [2.24, 2.45) is 0 Å². The topological polar surface area (TPSA) is 116 Å². The van der Waals surface area contributed by atoms with E-state index in [0.29, 0.717) is 17.8 Å². The van der Waals surface area contributed by atoms with E-state index in [9.17, 15) is 13.2 Å². The van der Waals surface area contributed by atoms with Crippen LogP contribution in [0.25, 0.3) is 5.52 Å². The number of aromatic nitrogens is 2. The molecule has 1 spiro atoms. The van der Waals surface area contributed by atoms with E-state index in [-0.39, 0.29) is 17.5 Å². The normalized spacial score (nSPS) is 23.5. The molecule has 1 saturated heterocycles. The molecule has 0 unspecified atom stereocenters. The number of benzene rings is 1. The Balaban J connectivity index is 1.49. The Bertz CT molecular complexity index is 1340. The maximum Gasteiger partial charge on any atom is 0.276 e. The summed E-state index contributed by atoms with van der Waals surface area (Å²) in [6.07, 6.45) is 4.05. The van der Waals surface area contributed by atoms with Crippen LogP contribution in [-0.4, -0.2) is 40.3 Å². The van der Waals surface area contributed by atoms with Crippen molar-refractivity contribution in [1.29, 1.82) is 5.41 Å². The Labute approximate surface area is 186 Å². The standard InChI is InChI=1S/C23H25N5O3S/c1-22(2)21(24)26-23(14-32(22,30)31)10-5-6-15-8-9-16(12-18(15)23)25-20(29)19-13-17-7-3-4-11-28(17)27-19/h3-4,7-9,11-13H,5-6,10,14H2,1-2H3,(H2,24,26)(H,25,29)/t23-/m0/s1. The second kappa shape index (κ2) is 6.90. The molecule has 1 fully saturated rings. The number of pyridine rings is 1. The summed E-state index contributed by atoms with van der Waals surface area (Å²) in [4.78, 5) is 12.8. The number of fused-ring (bicyclic) bond motifs is 3. The average Bonchev–Trinajstić information content (AvgIpc) is 3.17. The van der Waals surface area contributed by atoms with E-state index in [0.717, 1.165) is 29.5 Å². The van der Waals surface area contributed by atoms with Gasteiger partial charge in [-0.1, -0.05) is 12.1 Å². The maximum atomic E-state index is 13.1. The number of nitrogens with one attached hydrogen (secondary N) is 3. The zero-order valence-corrected chi connectivity index (χ0v) is 18.8. The summed E-state index contributed by atoms with van der Waals surface area (Å²) in [6, 6.07) is 12.9. The molecule has 0 radical (unpaired) electrons. The molecule has 32 heavy (non-hydrogen) atoms. The van der Waals surface area contributed by atoms with Crippen LogP contribution in [0.1, 0.15) is 48.3 Å². The van der Waals surface area contributed by atoms with Crippen molar-refractivity contribution in [2.75, 3.05) is 11.1 Å². The molecule has 0 saturated carbocycles. The number of hydrogen-bond donors (Lipinski definition) is 3. The lowest BCUT2D eigenvalue weighted by Crippen LogP contribution is -2.65. The van der Waals surface area contributed by atoms with Gasteiger partial charge in [-0.25, -0.2) is 12.9 Å². The first-order valence-corrected chi connectivity index (χ1v) is 12.3. The number of carbonyl (C=O) groups excluding carboxylic acids is 1. The quantitative estimate of drug-likeness (QED) is 0.554. The molecule has 0 bridgehead atoms. The molecule has 1 atom stereocenters. The summed E-state index contributed by atoms with van der Waals surface area (Å²) in [5, 5.41) is 18.9. The third kappa shape index (κ3) is 3.10. The van der Waals surface area contributed by atoms with Gasteiger partial charge in [-0.05, 0) is 74.6 Å². The van der Waals surface area contributed by atoms with Crippen LogP contribution in [0.15, 0.2) is 48.7 Å². The molecular weight excluding hydrogens is 426 g/mol. The van der Waals surface area contributed by atoms with Gasteiger partial charge in [-0.3, -0.25) is 10.2 Å². The van der Waals surface area contributed by atoms with E-state index >= 15 is 0 Å². The summed E-state index contributed by atoms with van der Waals surface area (Å²) in [7, 11) is -3.54. The van der Waals surface area contributed by atoms with Crippen molar-refractivity contribution < 1.29 is 13.2 Å². The fourth-order valence-corrected chi connectivity index (χ4v) is 6.39. The molecule has 1 amide bonds. The van der Waals surface area contributed by atoms with Crippen LogP contribution in [0.5, 0.6) is 0 Å². The van der Waals surface area contributed by atoms with E-state index in [1.807, 2.05) is 36.4 Å². The first kappa shape index (κ1) is 20.7. The highest BCUT2D eigenvalue weighted by molar-refractivity contribution is 7.93. The Kier molecular flexibility index (Phi) is 4.46. The van der Waals surface area contributed by atoms with Crippen molar-refractivity contribution in [3.63, 3.8) is 0 Å². The average molecular weight is 452 g/mol. The molecule has 166 valence electrons. The maximum absolute atomic E-state index is 13.1. The number of carbonyl (C=O) groups is 1. The van der Waals surface area contributed by atoms with Crippen molar-refractivity contribution in [1.82, 2.24) is 14.9 Å². The monoisotopic (exact) mass is 451 g/mol. The van der Waals surface area contributed by atoms with Crippen LogP contribution in [-0.2, 0) is 21.8 Å². The predicted molar refractivity (Wildman–Crippen MR) is 123 cm³/mol. The minimum atomic E-state index is -3.54. The largest absolute Gasteiger partial charge is 0.362 e. The molecule has 3 aromatic rings. The van der Waals surface area contributed by atoms with E-state index < -0.39 is 20.1 Å². The Morgan fingerprint density at radius 2 is 2.03 bits per heavy atom. The van der Waals surface area contributed by atoms with Gasteiger partial charge in [-0.2, -0.15) is 5.10 Å². The molecule has 1 aliphatic carbocycles. The zero-order chi connectivity index (χ0) is 22.7. The number of aryl methyl sites for hydroxylation is 1. The Morgan fingerprint density at radius 1 is 1.22 bits per heavy atom. The van der Waals surface area contributed by atoms with Crippen LogP contribution in [0.4, 0.5) is 5.69 Å². The first-order chi connectivity index (χ1) is 15.1. The van der Waals surface area contributed by atoms with Gasteiger partial charge in [0.25, 0.3) is 5.91 Å². The number of amidine groups is 1. The smallest absolute Gasteiger partial charge is 0.276 e. The number of amides is 1. The molecule has 3 N–H and O–H groups in total. The number of rotatable bonds is 2. The zero-order valence-electron chi connectivity index (χ0n) is 18.0. The van der Waals surface area contributed by atoms with Gasteiger partial charge in [0, 0.05) is 11.9 Å². The molecule has 2 aliphatic rings. The Hall–Kier alpha value is -3.20. The SMILES string of the molecule is CC1(C)C(=N)N[C@@]2(CCCc3ccc(NC(=O)c4cc5ccccn5n4)cc32)CS1(=O)=O. The summed E-state index contributed by atoms with van der Waals surface area (Å²) in [6.45, 7) is 3.14. The van der Waals surface area contributed by atoms with E-state index in [1.165, 1.54) is 0 Å². The summed E-state index contributed by atoms with van der Waals surface area (Å²) in [5.74, 6) is -0.404. The van der Waals surface area contributed by atoms with Crippen molar-refractivity contribution in [3.8, 4) is 0 Å². The molecule has 1 aromatic carbocycles. The Morgan fingerprint density at radius 3 is 2.78 bits per heavy atom. The summed E-state index contributed by atoms with van der Waals surface area (Å²) < 4.78 is 26.5. The minimum Gasteiger partial charge on any atom is -0.362 e. The first-order valence-electron chi connectivity index (χ1n) is 10.6. The van der Waals surface area contributed by atoms with Crippen LogP contribution in [0.2, 0.25) is 0 Å². The van der Waals surface area contributed by atoms with Gasteiger partial charge < -0.3 is 10.6 Å². The van der Waals surface area contributed by atoms with Gasteiger partial charge in [0.15, 0.2) is 15.5 Å². The number of hydrogen-bond acceptors (Lipinski definition) is 5. The second-order valence-electron chi connectivity index (χ2n) is 9.13. The number of anilines is 1. The molecular formula is C23H25N5O3S. The highest BCUT2D eigenvalue weighted by Crippen LogP contribution is 2.42. The molecule has 1 aliphatic heterocycles. The van der Waals surface area contributed by atoms with E-state index in [2.05, 4.69) is 15.7 Å². The van der Waals surface area contributed by atoms with E-state index in [4.69, 9.17) is 5.41 Å². The van der Waals surface area contributed by atoms with Crippen LogP contribution >= 0.6 is 0 Å². The number of sulfone groups is 1. The van der Waals surface area contributed by atoms with Gasteiger partial charge in [0.05, 0.1) is 16.8 Å². The molecule has 8 nitrogen and oxygen atoms in total. The minimum absolute atomic E-state index is 0.00994. The van der Waals surface area contributed by atoms with Gasteiger partial charge in [0.1, 0.15) is 10.6 Å². The molecule has 2 aromatic heterocycles.